The van der Waals surface area contributed by atoms with Crippen molar-refractivity contribution >= 4 is 11.9 Å². The van der Waals surface area contributed by atoms with E-state index >= 15 is 0 Å². The lowest BCUT2D eigenvalue weighted by Gasteiger charge is -2.21. The average molecular weight is 269 g/mol. The summed E-state index contributed by atoms with van der Waals surface area (Å²) in [5, 5.41) is 12.2. The molecule has 1 heterocycles. The number of ether oxygens (including phenoxy) is 1. The summed E-state index contributed by atoms with van der Waals surface area (Å²) in [6.45, 7) is 6.77. The normalized spacial score (nSPS) is 12.5. The Kier molecular flexibility index (Phi) is 6.27. The van der Waals surface area contributed by atoms with E-state index in [9.17, 15) is 0 Å². The number of rotatable bonds is 8. The van der Waals surface area contributed by atoms with Crippen LogP contribution in [0.5, 0.6) is 6.01 Å². The predicted octanol–water partition coefficient (Wildman–Crippen LogP) is 1.06. The number of nitrogen functional groups attached to an aromatic ring is 1. The number of nitrogens with zero attached hydrogens (tertiary/aromatic N) is 3. The Morgan fingerprint density at radius 1 is 1.32 bits per heavy atom. The van der Waals surface area contributed by atoms with Crippen LogP contribution in [0.3, 0.4) is 0 Å². The van der Waals surface area contributed by atoms with Crippen molar-refractivity contribution in [3.8, 4) is 6.01 Å². The quantitative estimate of drug-likeness (QED) is 0.648. The van der Waals surface area contributed by atoms with Gasteiger partial charge in [-0.05, 0) is 18.8 Å². The number of nitrogens with one attached hydrogen (secondary N) is 1. The summed E-state index contributed by atoms with van der Waals surface area (Å²) in [6, 6.07) is 0.300. The van der Waals surface area contributed by atoms with Crippen molar-refractivity contribution in [3.05, 3.63) is 0 Å². The largest absolute Gasteiger partial charge is 0.463 e. The molecule has 1 aromatic rings. The Morgan fingerprint density at radius 3 is 2.63 bits per heavy atom. The van der Waals surface area contributed by atoms with E-state index in [1.165, 1.54) is 0 Å². The molecule has 1 rings (SSSR count). The molecule has 0 aliphatic carbocycles. The van der Waals surface area contributed by atoms with Crippen molar-refractivity contribution in [2.75, 3.05) is 24.3 Å². The molecule has 7 heteroatoms. The van der Waals surface area contributed by atoms with Crippen LogP contribution in [0.1, 0.15) is 33.6 Å². The van der Waals surface area contributed by atoms with Gasteiger partial charge in [-0.3, -0.25) is 0 Å². The third kappa shape index (κ3) is 5.25. The first kappa shape index (κ1) is 15.4. The third-order valence-electron chi connectivity index (χ3n) is 2.63. The van der Waals surface area contributed by atoms with Crippen molar-refractivity contribution in [3.63, 3.8) is 0 Å². The minimum Gasteiger partial charge on any atom is -0.463 e. The minimum atomic E-state index is 0.0748. The van der Waals surface area contributed by atoms with E-state index in [0.717, 1.165) is 6.42 Å². The predicted molar refractivity (Wildman–Crippen MR) is 74.0 cm³/mol. The maximum atomic E-state index is 9.05. The molecule has 0 saturated heterocycles. The number of nitrogens with two attached hydrogens (primary N) is 1. The maximum absolute atomic E-state index is 9.05. The van der Waals surface area contributed by atoms with Crippen molar-refractivity contribution < 1.29 is 9.84 Å². The Balaban J connectivity index is 2.78. The van der Waals surface area contributed by atoms with Crippen LogP contribution in [-0.4, -0.2) is 39.3 Å². The van der Waals surface area contributed by atoms with Crippen molar-refractivity contribution in [2.24, 2.45) is 5.92 Å². The number of aromatic nitrogens is 3. The van der Waals surface area contributed by atoms with Crippen LogP contribution in [0.4, 0.5) is 11.9 Å². The average Bonchev–Trinajstić information content (AvgIpc) is 2.35. The van der Waals surface area contributed by atoms with Crippen LogP contribution in [0.15, 0.2) is 0 Å². The first-order valence-electron chi connectivity index (χ1n) is 6.58. The van der Waals surface area contributed by atoms with Crippen molar-refractivity contribution in [1.82, 2.24) is 15.0 Å². The van der Waals surface area contributed by atoms with Crippen LogP contribution < -0.4 is 15.8 Å². The molecule has 1 aromatic heterocycles. The molecule has 7 nitrogen and oxygen atoms in total. The van der Waals surface area contributed by atoms with E-state index in [4.69, 9.17) is 15.6 Å². The second-order valence-electron chi connectivity index (χ2n) is 4.66. The Bertz CT molecular complexity index is 386. The molecule has 0 spiro atoms. The second kappa shape index (κ2) is 7.73. The van der Waals surface area contributed by atoms with Crippen LogP contribution in [-0.2, 0) is 0 Å². The molecule has 0 aromatic carbocycles. The Morgan fingerprint density at radius 2 is 2.05 bits per heavy atom. The van der Waals surface area contributed by atoms with Crippen LogP contribution in [0, 0.1) is 5.92 Å². The van der Waals surface area contributed by atoms with Crippen molar-refractivity contribution in [2.45, 2.75) is 39.7 Å². The summed E-state index contributed by atoms with van der Waals surface area (Å²) in [4.78, 5) is 12.1. The third-order valence-corrected chi connectivity index (χ3v) is 2.63. The summed E-state index contributed by atoms with van der Waals surface area (Å²) in [5.74, 6) is 0.839. The van der Waals surface area contributed by atoms with Gasteiger partial charge in [-0.25, -0.2) is 0 Å². The standard InChI is InChI=1S/C12H23N5O2/c1-4-7-19-12-16-10(13)15-11(17-12)14-9(5-6-18)8(2)3/h8-9,18H,4-7H2,1-3H3,(H3,13,14,15,16,17). The minimum absolute atomic E-state index is 0.0748. The summed E-state index contributed by atoms with van der Waals surface area (Å²) < 4.78 is 5.35. The zero-order valence-corrected chi connectivity index (χ0v) is 11.8. The number of aliphatic hydroxyl groups is 1. The SMILES string of the molecule is CCCOc1nc(N)nc(NC(CCO)C(C)C)n1. The van der Waals surface area contributed by atoms with Gasteiger partial charge in [0.25, 0.3) is 0 Å². The Labute approximate surface area is 113 Å². The van der Waals surface area contributed by atoms with E-state index in [1.807, 2.05) is 6.92 Å². The van der Waals surface area contributed by atoms with E-state index in [2.05, 4.69) is 34.1 Å². The molecule has 0 amide bonds. The summed E-state index contributed by atoms with van der Waals surface area (Å²) in [6.07, 6.45) is 1.49. The Hall–Kier alpha value is -1.63. The van der Waals surface area contributed by atoms with Crippen LogP contribution in [0.25, 0.3) is 0 Å². The van der Waals surface area contributed by atoms with Gasteiger partial charge >= 0.3 is 6.01 Å². The molecule has 4 N–H and O–H groups in total. The lowest BCUT2D eigenvalue weighted by Crippen LogP contribution is -2.28. The van der Waals surface area contributed by atoms with Crippen molar-refractivity contribution in [1.29, 1.82) is 0 Å². The lowest BCUT2D eigenvalue weighted by atomic mass is 10.0. The molecule has 0 aliphatic rings. The molecule has 0 bridgehead atoms. The number of hydrogen-bond donors (Lipinski definition) is 3. The number of hydrogen-bond acceptors (Lipinski definition) is 7. The monoisotopic (exact) mass is 269 g/mol. The molecule has 0 saturated carbocycles. The number of aliphatic hydroxyl groups excluding tert-OH is 1. The highest BCUT2D eigenvalue weighted by Gasteiger charge is 2.15. The summed E-state index contributed by atoms with van der Waals surface area (Å²) in [5.41, 5.74) is 5.63. The topological polar surface area (TPSA) is 106 Å². The van der Waals surface area contributed by atoms with E-state index in [1.54, 1.807) is 0 Å². The highest BCUT2D eigenvalue weighted by atomic mass is 16.5. The fraction of sp³-hybridized carbons (Fsp3) is 0.750. The smallest absolute Gasteiger partial charge is 0.323 e. The molecule has 19 heavy (non-hydrogen) atoms. The number of anilines is 2. The van der Waals surface area contributed by atoms with E-state index in [-0.39, 0.29) is 24.6 Å². The second-order valence-corrected chi connectivity index (χ2v) is 4.66. The molecule has 0 radical (unpaired) electrons. The lowest BCUT2D eigenvalue weighted by molar-refractivity contribution is 0.267. The van der Waals surface area contributed by atoms with Gasteiger partial charge in [-0.1, -0.05) is 20.8 Å². The summed E-state index contributed by atoms with van der Waals surface area (Å²) >= 11 is 0. The highest BCUT2D eigenvalue weighted by Crippen LogP contribution is 2.14. The van der Waals surface area contributed by atoms with Gasteiger partial charge in [0.15, 0.2) is 0 Å². The summed E-state index contributed by atoms with van der Waals surface area (Å²) in [7, 11) is 0. The van der Waals surface area contributed by atoms with Gasteiger partial charge in [0, 0.05) is 12.6 Å². The van der Waals surface area contributed by atoms with Gasteiger partial charge < -0.3 is 20.9 Å². The van der Waals surface area contributed by atoms with E-state index < -0.39 is 0 Å². The zero-order chi connectivity index (χ0) is 14.3. The molecular weight excluding hydrogens is 246 g/mol. The first-order chi connectivity index (χ1) is 9.06. The highest BCUT2D eigenvalue weighted by molar-refractivity contribution is 5.33. The van der Waals surface area contributed by atoms with Gasteiger partial charge in [0.05, 0.1) is 6.61 Å². The van der Waals surface area contributed by atoms with Gasteiger partial charge in [0.1, 0.15) is 0 Å². The molecule has 1 atom stereocenters. The van der Waals surface area contributed by atoms with Gasteiger partial charge in [0.2, 0.25) is 11.9 Å². The molecule has 1 unspecified atom stereocenters. The molecule has 108 valence electrons. The van der Waals surface area contributed by atoms with Gasteiger partial charge in [-0.2, -0.15) is 15.0 Å². The zero-order valence-electron chi connectivity index (χ0n) is 11.8. The fourth-order valence-electron chi connectivity index (χ4n) is 1.57. The van der Waals surface area contributed by atoms with E-state index in [0.29, 0.717) is 24.9 Å². The molecule has 0 aliphatic heterocycles. The first-order valence-corrected chi connectivity index (χ1v) is 6.58. The van der Waals surface area contributed by atoms with Crippen LogP contribution >= 0.6 is 0 Å². The molecule has 0 fully saturated rings. The van der Waals surface area contributed by atoms with Crippen LogP contribution in [0.2, 0.25) is 0 Å². The maximum Gasteiger partial charge on any atom is 0.323 e. The molecular formula is C12H23N5O2. The van der Waals surface area contributed by atoms with Gasteiger partial charge in [-0.15, -0.1) is 0 Å². The fourth-order valence-corrected chi connectivity index (χ4v) is 1.57.